The van der Waals surface area contributed by atoms with Gasteiger partial charge in [0, 0.05) is 11.1 Å². The van der Waals surface area contributed by atoms with Crippen molar-refractivity contribution < 1.29 is 19.8 Å². The van der Waals surface area contributed by atoms with Crippen LogP contribution >= 0.6 is 0 Å². The summed E-state index contributed by atoms with van der Waals surface area (Å²) in [6.45, 7) is 0. The summed E-state index contributed by atoms with van der Waals surface area (Å²) in [5.74, 6) is -2.58. The molecule has 0 heterocycles. The van der Waals surface area contributed by atoms with Gasteiger partial charge in [-0.05, 0) is 33.4 Å². The molecule has 0 spiro atoms. The lowest BCUT2D eigenvalue weighted by atomic mass is 9.77. The summed E-state index contributed by atoms with van der Waals surface area (Å²) in [5.41, 5.74) is 4.51. The van der Waals surface area contributed by atoms with Crippen LogP contribution in [0.25, 0.3) is 44.5 Å². The van der Waals surface area contributed by atoms with Crippen LogP contribution in [0, 0.1) is 0 Å². The maximum atomic E-state index is 12.9. The van der Waals surface area contributed by atoms with Crippen molar-refractivity contribution in [2.75, 3.05) is 0 Å². The van der Waals surface area contributed by atoms with E-state index in [0.717, 1.165) is 11.1 Å². The van der Waals surface area contributed by atoms with Crippen LogP contribution in [-0.2, 0) is 0 Å². The molecule has 4 heteroatoms. The molecule has 0 aliphatic carbocycles. The van der Waals surface area contributed by atoms with Crippen LogP contribution in [0.15, 0.2) is 121 Å². The SMILES string of the molecule is O=C(O)c1c(C(=O)O)c(-c2ccccc2)c(-c2ccccc2)c(-c2ccccc2)c1-c1ccccc1. The Bertz CT molecular complexity index is 1420. The molecular weight excluding hydrogens is 448 g/mol. The highest BCUT2D eigenvalue weighted by Crippen LogP contribution is 2.49. The molecule has 0 aliphatic heterocycles. The highest BCUT2D eigenvalue weighted by Gasteiger charge is 2.33. The molecule has 0 saturated carbocycles. The minimum absolute atomic E-state index is 0.230. The summed E-state index contributed by atoms with van der Waals surface area (Å²) in [7, 11) is 0. The van der Waals surface area contributed by atoms with Crippen LogP contribution in [0.1, 0.15) is 20.7 Å². The Morgan fingerprint density at radius 1 is 0.361 bits per heavy atom. The van der Waals surface area contributed by atoms with E-state index in [0.29, 0.717) is 33.4 Å². The predicted octanol–water partition coefficient (Wildman–Crippen LogP) is 7.75. The minimum atomic E-state index is -1.29. The Hall–Kier alpha value is -4.96. The van der Waals surface area contributed by atoms with E-state index in [4.69, 9.17) is 0 Å². The Kier molecular flexibility index (Phi) is 6.16. The largest absolute Gasteiger partial charge is 0.478 e. The smallest absolute Gasteiger partial charge is 0.337 e. The van der Waals surface area contributed by atoms with Crippen molar-refractivity contribution >= 4 is 11.9 Å². The van der Waals surface area contributed by atoms with E-state index < -0.39 is 11.9 Å². The topological polar surface area (TPSA) is 74.6 Å². The van der Waals surface area contributed by atoms with Crippen molar-refractivity contribution in [1.29, 1.82) is 0 Å². The summed E-state index contributed by atoms with van der Waals surface area (Å²) < 4.78 is 0. The van der Waals surface area contributed by atoms with Gasteiger partial charge in [-0.15, -0.1) is 0 Å². The molecule has 0 fully saturated rings. The van der Waals surface area contributed by atoms with Crippen LogP contribution in [0.3, 0.4) is 0 Å². The third-order valence-electron chi connectivity index (χ3n) is 6.18. The molecule has 0 aliphatic rings. The number of aromatic carboxylic acids is 2. The number of carbonyl (C=O) groups is 2. The van der Waals surface area contributed by atoms with E-state index in [1.54, 1.807) is 0 Å². The molecule has 0 saturated heterocycles. The molecule has 0 unspecified atom stereocenters. The maximum absolute atomic E-state index is 12.9. The van der Waals surface area contributed by atoms with E-state index in [1.807, 2.05) is 121 Å². The van der Waals surface area contributed by atoms with Crippen LogP contribution in [-0.4, -0.2) is 22.2 Å². The highest BCUT2D eigenvalue weighted by molar-refractivity contribution is 6.18. The molecule has 0 radical (unpaired) electrons. The van der Waals surface area contributed by atoms with E-state index in [9.17, 15) is 19.8 Å². The average Bonchev–Trinajstić information content (AvgIpc) is 2.93. The number of rotatable bonds is 6. The zero-order valence-electron chi connectivity index (χ0n) is 19.3. The zero-order valence-corrected chi connectivity index (χ0v) is 19.3. The Balaban J connectivity index is 2.12. The van der Waals surface area contributed by atoms with Gasteiger partial charge in [0.1, 0.15) is 0 Å². The van der Waals surface area contributed by atoms with Crippen molar-refractivity contribution in [2.45, 2.75) is 0 Å². The lowest BCUT2D eigenvalue weighted by molar-refractivity contribution is 0.0653. The average molecular weight is 471 g/mol. The maximum Gasteiger partial charge on any atom is 0.337 e. The van der Waals surface area contributed by atoms with Gasteiger partial charge < -0.3 is 10.2 Å². The van der Waals surface area contributed by atoms with Crippen LogP contribution in [0.5, 0.6) is 0 Å². The summed E-state index contributed by atoms with van der Waals surface area (Å²) in [6.07, 6.45) is 0. The second kappa shape index (κ2) is 9.72. The molecule has 5 rings (SSSR count). The molecule has 5 aromatic rings. The number of carboxylic acids is 2. The first-order chi connectivity index (χ1) is 17.6. The fraction of sp³-hybridized carbons (Fsp3) is 0. The number of carboxylic acid groups (broad SMARTS) is 2. The fourth-order valence-electron chi connectivity index (χ4n) is 4.75. The van der Waals surface area contributed by atoms with E-state index >= 15 is 0 Å². The lowest BCUT2D eigenvalue weighted by Gasteiger charge is -2.25. The van der Waals surface area contributed by atoms with Crippen LogP contribution in [0.4, 0.5) is 0 Å². The van der Waals surface area contributed by atoms with E-state index in [1.165, 1.54) is 0 Å². The second-order valence-corrected chi connectivity index (χ2v) is 8.32. The van der Waals surface area contributed by atoms with Crippen LogP contribution in [0.2, 0.25) is 0 Å². The third-order valence-corrected chi connectivity index (χ3v) is 6.18. The molecule has 5 aromatic carbocycles. The Morgan fingerprint density at radius 3 is 0.806 bits per heavy atom. The molecule has 0 aromatic heterocycles. The third kappa shape index (κ3) is 4.05. The van der Waals surface area contributed by atoms with Gasteiger partial charge in [0.2, 0.25) is 0 Å². The van der Waals surface area contributed by atoms with Crippen molar-refractivity contribution in [3.05, 3.63) is 132 Å². The van der Waals surface area contributed by atoms with E-state index in [-0.39, 0.29) is 11.1 Å². The van der Waals surface area contributed by atoms with Crippen molar-refractivity contribution in [3.8, 4) is 44.5 Å². The zero-order chi connectivity index (χ0) is 25.1. The van der Waals surface area contributed by atoms with E-state index in [2.05, 4.69) is 0 Å². The minimum Gasteiger partial charge on any atom is -0.478 e. The van der Waals surface area contributed by atoms with Gasteiger partial charge in [0.25, 0.3) is 0 Å². The van der Waals surface area contributed by atoms with Gasteiger partial charge in [-0.2, -0.15) is 0 Å². The van der Waals surface area contributed by atoms with Gasteiger partial charge >= 0.3 is 11.9 Å². The lowest BCUT2D eigenvalue weighted by Crippen LogP contribution is -2.14. The predicted molar refractivity (Wildman–Crippen MR) is 142 cm³/mol. The molecule has 0 amide bonds. The molecule has 0 atom stereocenters. The molecular formula is C32H22O4. The molecule has 0 bridgehead atoms. The van der Waals surface area contributed by atoms with Gasteiger partial charge in [-0.3, -0.25) is 0 Å². The standard InChI is InChI=1S/C32H22O4/c33-31(34)29-27(23-17-9-3-10-18-23)25(21-13-5-1-6-14-21)26(22-15-7-2-8-16-22)28(30(29)32(35)36)24-19-11-4-12-20-24/h1-20H,(H,33,34)(H,35,36). The molecule has 2 N–H and O–H groups in total. The van der Waals surface area contributed by atoms with Crippen molar-refractivity contribution in [1.82, 2.24) is 0 Å². The Labute approximate surface area is 208 Å². The number of hydrogen-bond acceptors (Lipinski definition) is 2. The first-order valence-corrected chi connectivity index (χ1v) is 11.5. The summed E-state index contributed by atoms with van der Waals surface area (Å²) >= 11 is 0. The van der Waals surface area contributed by atoms with Crippen LogP contribution < -0.4 is 0 Å². The molecule has 174 valence electrons. The molecule has 4 nitrogen and oxygen atoms in total. The van der Waals surface area contributed by atoms with Gasteiger partial charge in [0.05, 0.1) is 11.1 Å². The van der Waals surface area contributed by atoms with Crippen molar-refractivity contribution in [3.63, 3.8) is 0 Å². The second-order valence-electron chi connectivity index (χ2n) is 8.32. The number of hydrogen-bond donors (Lipinski definition) is 2. The highest BCUT2D eigenvalue weighted by atomic mass is 16.4. The number of benzene rings is 5. The first-order valence-electron chi connectivity index (χ1n) is 11.5. The quantitative estimate of drug-likeness (QED) is 0.266. The fourth-order valence-corrected chi connectivity index (χ4v) is 4.75. The van der Waals surface area contributed by atoms with Gasteiger partial charge in [0.15, 0.2) is 0 Å². The monoisotopic (exact) mass is 470 g/mol. The normalized spacial score (nSPS) is 10.7. The van der Waals surface area contributed by atoms with Crippen molar-refractivity contribution in [2.24, 2.45) is 0 Å². The van der Waals surface area contributed by atoms with Gasteiger partial charge in [-0.25, -0.2) is 9.59 Å². The summed E-state index contributed by atoms with van der Waals surface area (Å²) in [6, 6.07) is 37.3. The first kappa shape index (κ1) is 22.8. The summed E-state index contributed by atoms with van der Waals surface area (Å²) in [5, 5.41) is 21.0. The summed E-state index contributed by atoms with van der Waals surface area (Å²) in [4.78, 5) is 25.7. The van der Waals surface area contributed by atoms with Gasteiger partial charge in [-0.1, -0.05) is 121 Å². The molecule has 36 heavy (non-hydrogen) atoms. The Morgan fingerprint density at radius 2 is 0.583 bits per heavy atom.